The Labute approximate surface area is 108 Å². The smallest absolute Gasteiger partial charge is 0.244 e. The first-order valence-corrected chi connectivity index (χ1v) is 6.43. The summed E-state index contributed by atoms with van der Waals surface area (Å²) in [6, 6.07) is 10.1. The van der Waals surface area contributed by atoms with Crippen LogP contribution in [-0.4, -0.2) is 43.0 Å². The van der Waals surface area contributed by atoms with E-state index in [9.17, 15) is 4.79 Å². The van der Waals surface area contributed by atoms with Crippen molar-refractivity contribution in [2.75, 3.05) is 25.0 Å². The standard InChI is InChI=1S/C14H21N3O/c1-11-10-17(12-6-4-3-5-7-12)14(18)13(8-9-15)16(11)2/h3-7,11,13H,8-10,15H2,1-2H3. The van der Waals surface area contributed by atoms with Crippen LogP contribution < -0.4 is 10.6 Å². The van der Waals surface area contributed by atoms with Gasteiger partial charge in [0.15, 0.2) is 0 Å². The van der Waals surface area contributed by atoms with Gasteiger partial charge in [0.2, 0.25) is 5.91 Å². The third-order valence-corrected chi connectivity index (χ3v) is 3.69. The zero-order valence-corrected chi connectivity index (χ0v) is 11.0. The molecule has 2 rings (SSSR count). The third-order valence-electron chi connectivity index (χ3n) is 3.69. The molecule has 1 saturated heterocycles. The number of anilines is 1. The van der Waals surface area contributed by atoms with Gasteiger partial charge in [0.1, 0.15) is 0 Å². The molecule has 4 nitrogen and oxygen atoms in total. The van der Waals surface area contributed by atoms with Gasteiger partial charge in [0.25, 0.3) is 0 Å². The van der Waals surface area contributed by atoms with Gasteiger partial charge in [0.05, 0.1) is 6.04 Å². The highest BCUT2D eigenvalue weighted by Crippen LogP contribution is 2.23. The van der Waals surface area contributed by atoms with Gasteiger partial charge in [-0.25, -0.2) is 0 Å². The number of hydrogen-bond donors (Lipinski definition) is 1. The molecule has 98 valence electrons. The zero-order valence-electron chi connectivity index (χ0n) is 11.0. The predicted molar refractivity (Wildman–Crippen MR) is 73.5 cm³/mol. The van der Waals surface area contributed by atoms with Crippen molar-refractivity contribution in [1.82, 2.24) is 4.90 Å². The molecule has 1 aromatic rings. The molecule has 1 fully saturated rings. The second-order valence-corrected chi connectivity index (χ2v) is 4.89. The number of hydrogen-bond acceptors (Lipinski definition) is 3. The number of carbonyl (C=O) groups is 1. The van der Waals surface area contributed by atoms with Gasteiger partial charge in [0, 0.05) is 18.3 Å². The van der Waals surface area contributed by atoms with E-state index in [1.54, 1.807) is 0 Å². The van der Waals surface area contributed by atoms with Crippen LogP contribution >= 0.6 is 0 Å². The van der Waals surface area contributed by atoms with Crippen molar-refractivity contribution in [3.63, 3.8) is 0 Å². The Hall–Kier alpha value is -1.39. The lowest BCUT2D eigenvalue weighted by Gasteiger charge is -2.43. The van der Waals surface area contributed by atoms with E-state index >= 15 is 0 Å². The summed E-state index contributed by atoms with van der Waals surface area (Å²) < 4.78 is 0. The first-order chi connectivity index (χ1) is 8.65. The van der Waals surface area contributed by atoms with E-state index < -0.39 is 0 Å². The second kappa shape index (κ2) is 5.50. The fourth-order valence-corrected chi connectivity index (χ4v) is 2.47. The van der Waals surface area contributed by atoms with Crippen molar-refractivity contribution in [3.05, 3.63) is 30.3 Å². The molecule has 0 spiro atoms. The fourth-order valence-electron chi connectivity index (χ4n) is 2.47. The molecule has 1 aliphatic rings. The zero-order chi connectivity index (χ0) is 13.1. The van der Waals surface area contributed by atoms with E-state index in [0.29, 0.717) is 19.0 Å². The van der Waals surface area contributed by atoms with Gasteiger partial charge < -0.3 is 10.6 Å². The Morgan fingerprint density at radius 2 is 2.00 bits per heavy atom. The molecule has 2 N–H and O–H groups in total. The van der Waals surface area contributed by atoms with Gasteiger partial charge in [-0.3, -0.25) is 9.69 Å². The largest absolute Gasteiger partial charge is 0.330 e. The maximum Gasteiger partial charge on any atom is 0.244 e. The summed E-state index contributed by atoms with van der Waals surface area (Å²) in [4.78, 5) is 16.5. The molecule has 0 radical (unpaired) electrons. The van der Waals surface area contributed by atoms with Gasteiger partial charge in [-0.1, -0.05) is 18.2 Å². The van der Waals surface area contributed by atoms with Crippen LogP contribution in [0, 0.1) is 0 Å². The van der Waals surface area contributed by atoms with Gasteiger partial charge in [-0.15, -0.1) is 0 Å². The summed E-state index contributed by atoms with van der Waals surface area (Å²) in [5.41, 5.74) is 6.59. The number of nitrogens with zero attached hydrogens (tertiary/aromatic N) is 2. The average Bonchev–Trinajstić information content (AvgIpc) is 2.40. The van der Waals surface area contributed by atoms with Crippen LogP contribution in [0.15, 0.2) is 30.3 Å². The second-order valence-electron chi connectivity index (χ2n) is 4.89. The molecule has 2 unspecified atom stereocenters. The molecule has 0 aromatic heterocycles. The van der Waals surface area contributed by atoms with Crippen LogP contribution in [0.1, 0.15) is 13.3 Å². The molecular formula is C14H21N3O. The maximum atomic E-state index is 12.5. The van der Waals surface area contributed by atoms with Crippen molar-refractivity contribution in [2.24, 2.45) is 5.73 Å². The summed E-state index contributed by atoms with van der Waals surface area (Å²) in [6.45, 7) is 3.42. The third kappa shape index (κ3) is 2.40. The Morgan fingerprint density at radius 3 is 2.61 bits per heavy atom. The summed E-state index contributed by atoms with van der Waals surface area (Å²) in [6.07, 6.45) is 0.711. The maximum absolute atomic E-state index is 12.5. The molecular weight excluding hydrogens is 226 g/mol. The summed E-state index contributed by atoms with van der Waals surface area (Å²) in [5.74, 6) is 0.159. The number of nitrogens with two attached hydrogens (primary N) is 1. The van der Waals surface area contributed by atoms with E-state index in [-0.39, 0.29) is 11.9 Å². The number of amides is 1. The fraction of sp³-hybridized carbons (Fsp3) is 0.500. The topological polar surface area (TPSA) is 49.6 Å². The first-order valence-electron chi connectivity index (χ1n) is 6.43. The van der Waals surface area contributed by atoms with Crippen LogP contribution in [0.5, 0.6) is 0 Å². The molecule has 0 saturated carbocycles. The van der Waals surface area contributed by atoms with Crippen LogP contribution in [0.25, 0.3) is 0 Å². The van der Waals surface area contributed by atoms with Crippen molar-refractivity contribution < 1.29 is 4.79 Å². The minimum atomic E-state index is -0.0982. The van der Waals surface area contributed by atoms with Crippen molar-refractivity contribution >= 4 is 11.6 Å². The van der Waals surface area contributed by atoms with Gasteiger partial charge in [-0.05, 0) is 39.1 Å². The van der Waals surface area contributed by atoms with Gasteiger partial charge >= 0.3 is 0 Å². The first kappa shape index (κ1) is 13.1. The van der Waals surface area contributed by atoms with Crippen LogP contribution in [-0.2, 0) is 4.79 Å². The number of rotatable bonds is 3. The Kier molecular flexibility index (Phi) is 3.99. The van der Waals surface area contributed by atoms with Crippen LogP contribution in [0.4, 0.5) is 5.69 Å². The lowest BCUT2D eigenvalue weighted by atomic mass is 10.0. The van der Waals surface area contributed by atoms with Crippen molar-refractivity contribution in [3.8, 4) is 0 Å². The molecule has 4 heteroatoms. The monoisotopic (exact) mass is 247 g/mol. The molecule has 1 heterocycles. The molecule has 1 aliphatic heterocycles. The molecule has 1 amide bonds. The normalized spacial score (nSPS) is 25.5. The van der Waals surface area contributed by atoms with E-state index in [1.165, 1.54) is 0 Å². The Morgan fingerprint density at radius 1 is 1.33 bits per heavy atom. The summed E-state index contributed by atoms with van der Waals surface area (Å²) >= 11 is 0. The number of likely N-dealkylation sites (N-methyl/N-ethyl adjacent to an activating group) is 1. The molecule has 0 bridgehead atoms. The quantitative estimate of drug-likeness (QED) is 0.869. The minimum absolute atomic E-state index is 0.0982. The van der Waals surface area contributed by atoms with E-state index in [4.69, 9.17) is 5.73 Å². The van der Waals surface area contributed by atoms with E-state index in [2.05, 4.69) is 11.8 Å². The Bertz CT molecular complexity index is 407. The van der Waals surface area contributed by atoms with Crippen LogP contribution in [0.3, 0.4) is 0 Å². The van der Waals surface area contributed by atoms with Crippen molar-refractivity contribution in [2.45, 2.75) is 25.4 Å². The van der Waals surface area contributed by atoms with E-state index in [0.717, 1.165) is 12.2 Å². The van der Waals surface area contributed by atoms with Crippen molar-refractivity contribution in [1.29, 1.82) is 0 Å². The highest BCUT2D eigenvalue weighted by Gasteiger charge is 2.36. The lowest BCUT2D eigenvalue weighted by Crippen LogP contribution is -2.60. The number of para-hydroxylation sites is 1. The number of carbonyl (C=O) groups excluding carboxylic acids is 1. The number of benzene rings is 1. The molecule has 2 atom stereocenters. The molecule has 0 aliphatic carbocycles. The predicted octanol–water partition coefficient (Wildman–Crippen LogP) is 1.07. The highest BCUT2D eigenvalue weighted by molar-refractivity contribution is 5.98. The molecule has 1 aromatic carbocycles. The summed E-state index contributed by atoms with van der Waals surface area (Å²) in [7, 11) is 2.01. The average molecular weight is 247 g/mol. The molecule has 18 heavy (non-hydrogen) atoms. The highest BCUT2D eigenvalue weighted by atomic mass is 16.2. The minimum Gasteiger partial charge on any atom is -0.330 e. The lowest BCUT2D eigenvalue weighted by molar-refractivity contribution is -0.126. The number of piperazine rings is 1. The Balaban J connectivity index is 2.24. The van der Waals surface area contributed by atoms with Gasteiger partial charge in [-0.2, -0.15) is 0 Å². The van der Waals surface area contributed by atoms with Crippen LogP contribution in [0.2, 0.25) is 0 Å². The van der Waals surface area contributed by atoms with E-state index in [1.807, 2.05) is 42.3 Å². The summed E-state index contributed by atoms with van der Waals surface area (Å²) in [5, 5.41) is 0. The SMILES string of the molecule is CC1CN(c2ccccc2)C(=O)C(CCN)N1C.